The Labute approximate surface area is 75.1 Å². The number of esters is 1. The predicted octanol–water partition coefficient (Wildman–Crippen LogP) is 1.73. The normalized spacial score (nSPS) is 9.92. The molecule has 1 aromatic heterocycles. The molecule has 3 nitrogen and oxygen atoms in total. The van der Waals surface area contributed by atoms with Crippen LogP contribution in [0.3, 0.4) is 0 Å². The highest BCUT2D eigenvalue weighted by Crippen LogP contribution is 2.29. The van der Waals surface area contributed by atoms with Gasteiger partial charge < -0.3 is 10.5 Å². The lowest BCUT2D eigenvalue weighted by Crippen LogP contribution is -2.04. The summed E-state index contributed by atoms with van der Waals surface area (Å²) in [5.74, 6) is -0.352. The molecule has 0 aliphatic carbocycles. The first-order valence-electron chi connectivity index (χ1n) is 3.51. The van der Waals surface area contributed by atoms with Crippen LogP contribution in [0, 0.1) is 13.8 Å². The van der Waals surface area contributed by atoms with E-state index in [-0.39, 0.29) is 5.97 Å². The summed E-state index contributed by atoms with van der Waals surface area (Å²) in [6.07, 6.45) is 0. The molecule has 2 N–H and O–H groups in total. The van der Waals surface area contributed by atoms with Crippen molar-refractivity contribution >= 4 is 22.3 Å². The maximum atomic E-state index is 11.2. The zero-order valence-electron chi connectivity index (χ0n) is 7.30. The number of aryl methyl sites for hydroxylation is 1. The second kappa shape index (κ2) is 3.15. The van der Waals surface area contributed by atoms with Gasteiger partial charge >= 0.3 is 5.97 Å². The van der Waals surface area contributed by atoms with Crippen LogP contribution < -0.4 is 5.73 Å². The van der Waals surface area contributed by atoms with Gasteiger partial charge in [-0.25, -0.2) is 4.79 Å². The number of nitrogens with two attached hydrogens (primary N) is 1. The van der Waals surface area contributed by atoms with Gasteiger partial charge in [-0.3, -0.25) is 0 Å². The van der Waals surface area contributed by atoms with Crippen LogP contribution in [-0.4, -0.2) is 13.1 Å². The number of carbonyl (C=O) groups is 1. The molecule has 0 saturated heterocycles. The topological polar surface area (TPSA) is 52.3 Å². The maximum Gasteiger partial charge on any atom is 0.341 e. The van der Waals surface area contributed by atoms with Crippen LogP contribution in [0.4, 0.5) is 5.00 Å². The van der Waals surface area contributed by atoms with Crippen LogP contribution in [0.1, 0.15) is 20.8 Å². The summed E-state index contributed by atoms with van der Waals surface area (Å²) in [4.78, 5) is 12.2. The molecule has 0 aliphatic heterocycles. The zero-order chi connectivity index (χ0) is 9.30. The van der Waals surface area contributed by atoms with Crippen LogP contribution >= 0.6 is 11.3 Å². The lowest BCUT2D eigenvalue weighted by molar-refractivity contribution is 0.0601. The summed E-state index contributed by atoms with van der Waals surface area (Å²) in [7, 11) is 1.36. The lowest BCUT2D eigenvalue weighted by Gasteiger charge is -1.98. The summed E-state index contributed by atoms with van der Waals surface area (Å²) in [5, 5.41) is 0.539. The summed E-state index contributed by atoms with van der Waals surface area (Å²) in [5.41, 5.74) is 7.07. The van der Waals surface area contributed by atoms with Gasteiger partial charge in [-0.15, -0.1) is 11.3 Å². The van der Waals surface area contributed by atoms with Crippen molar-refractivity contribution in [1.29, 1.82) is 0 Å². The lowest BCUT2D eigenvalue weighted by atomic mass is 10.2. The number of hydrogen-bond acceptors (Lipinski definition) is 4. The van der Waals surface area contributed by atoms with Crippen LogP contribution in [-0.2, 0) is 4.74 Å². The smallest absolute Gasteiger partial charge is 0.341 e. The average molecular weight is 185 g/mol. The van der Waals surface area contributed by atoms with E-state index in [2.05, 4.69) is 4.74 Å². The van der Waals surface area contributed by atoms with E-state index in [9.17, 15) is 4.79 Å². The Morgan fingerprint density at radius 3 is 2.42 bits per heavy atom. The highest BCUT2D eigenvalue weighted by atomic mass is 32.1. The van der Waals surface area contributed by atoms with Crippen molar-refractivity contribution in [2.75, 3.05) is 12.8 Å². The molecule has 0 aliphatic rings. The van der Waals surface area contributed by atoms with E-state index in [4.69, 9.17) is 5.73 Å². The first kappa shape index (κ1) is 9.06. The van der Waals surface area contributed by atoms with Gasteiger partial charge in [0.05, 0.1) is 12.7 Å². The Morgan fingerprint density at radius 1 is 1.50 bits per heavy atom. The number of carbonyl (C=O) groups excluding carboxylic acids is 1. The summed E-state index contributed by atoms with van der Waals surface area (Å²) in [6.45, 7) is 3.80. The molecule has 0 saturated carbocycles. The summed E-state index contributed by atoms with van der Waals surface area (Å²) >= 11 is 1.42. The second-order valence-corrected chi connectivity index (χ2v) is 3.77. The average Bonchev–Trinajstić information content (AvgIpc) is 2.26. The molecular weight excluding hydrogens is 174 g/mol. The number of nitrogen functional groups attached to an aromatic ring is 1. The summed E-state index contributed by atoms with van der Waals surface area (Å²) < 4.78 is 4.60. The Balaban J connectivity index is 3.22. The van der Waals surface area contributed by atoms with Crippen molar-refractivity contribution < 1.29 is 9.53 Å². The third-order valence-electron chi connectivity index (χ3n) is 1.80. The zero-order valence-corrected chi connectivity index (χ0v) is 8.12. The number of hydrogen-bond donors (Lipinski definition) is 1. The van der Waals surface area contributed by atoms with Crippen LogP contribution in [0.2, 0.25) is 0 Å². The van der Waals surface area contributed by atoms with Gasteiger partial charge in [-0.2, -0.15) is 0 Å². The van der Waals surface area contributed by atoms with E-state index >= 15 is 0 Å². The van der Waals surface area contributed by atoms with Crippen LogP contribution in [0.25, 0.3) is 0 Å². The van der Waals surface area contributed by atoms with Gasteiger partial charge in [-0.05, 0) is 19.4 Å². The molecule has 1 aromatic rings. The molecule has 0 atom stereocenters. The Hall–Kier alpha value is -1.03. The monoisotopic (exact) mass is 185 g/mol. The number of ether oxygens (including phenoxy) is 1. The highest BCUT2D eigenvalue weighted by Gasteiger charge is 2.17. The SMILES string of the molecule is COC(=O)c1c(N)sc(C)c1C. The van der Waals surface area contributed by atoms with Crippen molar-refractivity contribution in [2.45, 2.75) is 13.8 Å². The minimum atomic E-state index is -0.352. The predicted molar refractivity (Wildman–Crippen MR) is 49.5 cm³/mol. The van der Waals surface area contributed by atoms with E-state index in [0.29, 0.717) is 10.6 Å². The van der Waals surface area contributed by atoms with Gasteiger partial charge in [0.15, 0.2) is 0 Å². The molecule has 0 aromatic carbocycles. The Bertz CT molecular complexity index is 317. The molecule has 0 fully saturated rings. The fourth-order valence-electron chi connectivity index (χ4n) is 1.01. The largest absolute Gasteiger partial charge is 0.465 e. The molecule has 1 rings (SSSR count). The Kier molecular flexibility index (Phi) is 2.38. The van der Waals surface area contributed by atoms with Crippen LogP contribution in [0.5, 0.6) is 0 Å². The van der Waals surface area contributed by atoms with E-state index in [1.165, 1.54) is 18.4 Å². The fourth-order valence-corrected chi connectivity index (χ4v) is 1.93. The van der Waals surface area contributed by atoms with Gasteiger partial charge in [0.25, 0.3) is 0 Å². The molecule has 12 heavy (non-hydrogen) atoms. The standard InChI is InChI=1S/C8H11NO2S/c1-4-5(2)12-7(9)6(4)8(10)11-3/h9H2,1-3H3. The highest BCUT2D eigenvalue weighted by molar-refractivity contribution is 7.16. The maximum absolute atomic E-state index is 11.2. The quantitative estimate of drug-likeness (QED) is 0.678. The fraction of sp³-hybridized carbons (Fsp3) is 0.375. The molecular formula is C8H11NO2S. The van der Waals surface area contributed by atoms with Gasteiger partial charge in [0, 0.05) is 4.88 Å². The van der Waals surface area contributed by atoms with E-state index in [1.54, 1.807) is 0 Å². The molecule has 0 spiro atoms. The van der Waals surface area contributed by atoms with Crippen LogP contribution in [0.15, 0.2) is 0 Å². The Morgan fingerprint density at radius 2 is 2.08 bits per heavy atom. The molecule has 0 radical (unpaired) electrons. The first-order chi connectivity index (χ1) is 5.57. The third-order valence-corrected chi connectivity index (χ3v) is 2.84. The number of methoxy groups -OCH3 is 1. The van der Waals surface area contributed by atoms with Gasteiger partial charge in [0.1, 0.15) is 5.00 Å². The molecule has 66 valence electrons. The number of rotatable bonds is 1. The molecule has 0 bridgehead atoms. The van der Waals surface area contributed by atoms with E-state index in [0.717, 1.165) is 10.4 Å². The van der Waals surface area contributed by atoms with E-state index in [1.807, 2.05) is 13.8 Å². The van der Waals surface area contributed by atoms with Gasteiger partial charge in [0.2, 0.25) is 0 Å². The molecule has 4 heteroatoms. The number of anilines is 1. The molecule has 0 unspecified atom stereocenters. The second-order valence-electron chi connectivity index (χ2n) is 2.51. The molecule has 0 amide bonds. The van der Waals surface area contributed by atoms with Gasteiger partial charge in [-0.1, -0.05) is 0 Å². The summed E-state index contributed by atoms with van der Waals surface area (Å²) in [6, 6.07) is 0. The minimum absolute atomic E-state index is 0.352. The minimum Gasteiger partial charge on any atom is -0.465 e. The van der Waals surface area contributed by atoms with Crippen molar-refractivity contribution in [3.8, 4) is 0 Å². The number of thiophene rings is 1. The van der Waals surface area contributed by atoms with Crippen molar-refractivity contribution in [3.63, 3.8) is 0 Å². The van der Waals surface area contributed by atoms with E-state index < -0.39 is 0 Å². The van der Waals surface area contributed by atoms with Crippen molar-refractivity contribution in [2.24, 2.45) is 0 Å². The third kappa shape index (κ3) is 1.30. The van der Waals surface area contributed by atoms with Crippen molar-refractivity contribution in [1.82, 2.24) is 0 Å². The first-order valence-corrected chi connectivity index (χ1v) is 4.33. The molecule has 1 heterocycles. The van der Waals surface area contributed by atoms with Crippen molar-refractivity contribution in [3.05, 3.63) is 16.0 Å².